The average Bonchev–Trinajstić information content (AvgIpc) is 2.45. The van der Waals surface area contributed by atoms with Crippen molar-refractivity contribution < 1.29 is 23.1 Å². The van der Waals surface area contributed by atoms with E-state index >= 15 is 0 Å². The maximum absolute atomic E-state index is 12.3. The van der Waals surface area contributed by atoms with Gasteiger partial charge in [0.25, 0.3) is 0 Å². The van der Waals surface area contributed by atoms with Crippen LogP contribution in [0.5, 0.6) is 5.75 Å². The van der Waals surface area contributed by atoms with E-state index in [1.807, 2.05) is 6.07 Å². The van der Waals surface area contributed by atoms with Crippen LogP contribution in [0.1, 0.15) is 30.1 Å². The molecule has 1 aromatic rings. The van der Waals surface area contributed by atoms with Gasteiger partial charge in [-0.05, 0) is 24.6 Å². The normalized spacial score (nSPS) is 12.4. The Bertz CT molecular complexity index is 664. The number of carbonyl (C=O) groups is 1. The molecule has 0 fully saturated rings. The molecule has 0 saturated carbocycles. The molecule has 0 radical (unpaired) electrons. The molecule has 21 heavy (non-hydrogen) atoms. The van der Waals surface area contributed by atoms with Crippen molar-refractivity contribution in [2.75, 3.05) is 7.11 Å². The van der Waals surface area contributed by atoms with Crippen LogP contribution in [0.4, 0.5) is 0 Å². The van der Waals surface area contributed by atoms with E-state index in [-0.39, 0.29) is 22.6 Å². The third-order valence-corrected chi connectivity index (χ3v) is 4.41. The fourth-order valence-electron chi connectivity index (χ4n) is 1.69. The number of benzene rings is 1. The van der Waals surface area contributed by atoms with Crippen LogP contribution in [-0.4, -0.2) is 32.6 Å². The molecule has 2 N–H and O–H groups in total. The predicted molar refractivity (Wildman–Crippen MR) is 74.6 cm³/mol. The number of carboxylic acids is 1. The number of methoxy groups -OCH3 is 1. The number of carboxylic acid groups (broad SMARTS) is 1. The van der Waals surface area contributed by atoms with E-state index in [1.165, 1.54) is 19.2 Å². The van der Waals surface area contributed by atoms with Gasteiger partial charge in [-0.2, -0.15) is 5.26 Å². The molecule has 1 aromatic carbocycles. The van der Waals surface area contributed by atoms with Crippen molar-refractivity contribution in [3.8, 4) is 11.8 Å². The zero-order chi connectivity index (χ0) is 16.0. The minimum absolute atomic E-state index is 0.0469. The van der Waals surface area contributed by atoms with E-state index in [0.717, 1.165) is 6.07 Å². The Hall–Kier alpha value is -2.11. The monoisotopic (exact) mass is 312 g/mol. The van der Waals surface area contributed by atoms with Gasteiger partial charge in [-0.1, -0.05) is 6.92 Å². The zero-order valence-electron chi connectivity index (χ0n) is 11.7. The molecule has 0 aromatic heterocycles. The highest BCUT2D eigenvalue weighted by molar-refractivity contribution is 7.89. The lowest BCUT2D eigenvalue weighted by atomic mass is 10.2. The van der Waals surface area contributed by atoms with E-state index in [1.54, 1.807) is 6.92 Å². The third kappa shape index (κ3) is 4.18. The second kappa shape index (κ2) is 7.06. The molecule has 8 heteroatoms. The van der Waals surface area contributed by atoms with Crippen LogP contribution in [0.2, 0.25) is 0 Å². The summed E-state index contributed by atoms with van der Waals surface area (Å²) in [6.07, 6.45) is 0.508. The largest absolute Gasteiger partial charge is 0.495 e. The molecule has 0 heterocycles. The average molecular weight is 312 g/mol. The van der Waals surface area contributed by atoms with Crippen molar-refractivity contribution >= 4 is 16.0 Å². The summed E-state index contributed by atoms with van der Waals surface area (Å²) in [7, 11) is -2.64. The van der Waals surface area contributed by atoms with Gasteiger partial charge in [0.15, 0.2) is 0 Å². The smallest absolute Gasteiger partial charge is 0.335 e. The topological polar surface area (TPSA) is 116 Å². The molecule has 0 aliphatic heterocycles. The highest BCUT2D eigenvalue weighted by atomic mass is 32.2. The summed E-state index contributed by atoms with van der Waals surface area (Å²) in [6.45, 7) is 1.76. The number of rotatable bonds is 7. The number of nitrogens with one attached hydrogen (secondary N) is 1. The number of aromatic carboxylic acids is 1. The lowest BCUT2D eigenvalue weighted by Gasteiger charge is -2.16. The minimum atomic E-state index is -3.90. The Balaban J connectivity index is 3.19. The van der Waals surface area contributed by atoms with Gasteiger partial charge >= 0.3 is 5.97 Å². The Morgan fingerprint density at radius 1 is 1.52 bits per heavy atom. The molecule has 1 rings (SSSR count). The summed E-state index contributed by atoms with van der Waals surface area (Å²) in [6, 6.07) is 4.90. The van der Waals surface area contributed by atoms with Crippen molar-refractivity contribution in [3.05, 3.63) is 23.8 Å². The molecule has 1 unspecified atom stereocenters. The van der Waals surface area contributed by atoms with Gasteiger partial charge in [0, 0.05) is 6.04 Å². The maximum Gasteiger partial charge on any atom is 0.335 e. The van der Waals surface area contributed by atoms with E-state index in [0.29, 0.717) is 6.42 Å². The van der Waals surface area contributed by atoms with Gasteiger partial charge < -0.3 is 9.84 Å². The lowest BCUT2D eigenvalue weighted by Crippen LogP contribution is -2.34. The summed E-state index contributed by atoms with van der Waals surface area (Å²) in [5.41, 5.74) is -0.0742. The van der Waals surface area contributed by atoms with Crippen LogP contribution in [-0.2, 0) is 10.0 Å². The molecular weight excluding hydrogens is 296 g/mol. The van der Waals surface area contributed by atoms with Gasteiger partial charge in [0.1, 0.15) is 10.6 Å². The van der Waals surface area contributed by atoms with Gasteiger partial charge in [0.05, 0.1) is 25.2 Å². The molecule has 0 amide bonds. The predicted octanol–water partition coefficient (Wildman–Crippen LogP) is 1.36. The maximum atomic E-state index is 12.3. The van der Waals surface area contributed by atoms with E-state index in [4.69, 9.17) is 15.1 Å². The number of nitriles is 1. The van der Waals surface area contributed by atoms with Crippen molar-refractivity contribution in [1.29, 1.82) is 5.26 Å². The Morgan fingerprint density at radius 3 is 2.67 bits per heavy atom. The second-order valence-corrected chi connectivity index (χ2v) is 5.94. The molecule has 1 atom stereocenters. The Morgan fingerprint density at radius 2 is 2.19 bits per heavy atom. The van der Waals surface area contributed by atoms with Gasteiger partial charge in [-0.3, -0.25) is 0 Å². The standard InChI is InChI=1S/C13H16N2O5S/c1-3-10(6-7-14)15-21(18,19)12-5-4-9(13(16)17)8-11(12)20-2/h4-5,8,10,15H,3,6H2,1-2H3,(H,16,17). The van der Waals surface area contributed by atoms with E-state index in [2.05, 4.69) is 4.72 Å². The highest BCUT2D eigenvalue weighted by Crippen LogP contribution is 2.25. The SMILES string of the molecule is CCC(CC#N)NS(=O)(=O)c1ccc(C(=O)O)cc1OC. The van der Waals surface area contributed by atoms with Crippen LogP contribution in [0.3, 0.4) is 0 Å². The van der Waals surface area contributed by atoms with E-state index < -0.39 is 22.0 Å². The summed E-state index contributed by atoms with van der Waals surface area (Å²) in [5, 5.41) is 17.6. The zero-order valence-corrected chi connectivity index (χ0v) is 12.5. The number of hydrogen-bond donors (Lipinski definition) is 2. The summed E-state index contributed by atoms with van der Waals surface area (Å²) in [5.74, 6) is -1.24. The van der Waals surface area contributed by atoms with Crippen LogP contribution >= 0.6 is 0 Å². The summed E-state index contributed by atoms with van der Waals surface area (Å²) < 4.78 is 31.9. The van der Waals surface area contributed by atoms with E-state index in [9.17, 15) is 13.2 Å². The van der Waals surface area contributed by atoms with Crippen molar-refractivity contribution in [3.63, 3.8) is 0 Å². The molecule has 0 saturated heterocycles. The number of sulfonamides is 1. The third-order valence-electron chi connectivity index (χ3n) is 2.85. The summed E-state index contributed by atoms with van der Waals surface area (Å²) >= 11 is 0. The number of nitrogens with zero attached hydrogens (tertiary/aromatic N) is 1. The van der Waals surface area contributed by atoms with Gasteiger partial charge in [0.2, 0.25) is 10.0 Å². The van der Waals surface area contributed by atoms with Gasteiger partial charge in [-0.25, -0.2) is 17.9 Å². The Labute approximate surface area is 123 Å². The molecular formula is C13H16N2O5S. The van der Waals surface area contributed by atoms with Crippen LogP contribution in [0.25, 0.3) is 0 Å². The second-order valence-electron chi connectivity index (χ2n) is 4.26. The molecule has 0 aliphatic rings. The molecule has 114 valence electrons. The Kier molecular flexibility index (Phi) is 5.69. The van der Waals surface area contributed by atoms with Crippen LogP contribution < -0.4 is 9.46 Å². The fourth-order valence-corrected chi connectivity index (χ4v) is 3.16. The minimum Gasteiger partial charge on any atom is -0.495 e. The van der Waals surface area contributed by atoms with Crippen molar-refractivity contribution in [1.82, 2.24) is 4.72 Å². The first kappa shape index (κ1) is 16.9. The van der Waals surface area contributed by atoms with Crippen LogP contribution in [0, 0.1) is 11.3 Å². The first-order valence-electron chi connectivity index (χ1n) is 6.16. The first-order valence-corrected chi connectivity index (χ1v) is 7.64. The van der Waals surface area contributed by atoms with Crippen molar-refractivity contribution in [2.24, 2.45) is 0 Å². The molecule has 0 bridgehead atoms. The van der Waals surface area contributed by atoms with Gasteiger partial charge in [-0.15, -0.1) is 0 Å². The first-order chi connectivity index (χ1) is 9.85. The molecule has 7 nitrogen and oxygen atoms in total. The quantitative estimate of drug-likeness (QED) is 0.785. The molecule has 0 aliphatic carbocycles. The highest BCUT2D eigenvalue weighted by Gasteiger charge is 2.23. The lowest BCUT2D eigenvalue weighted by molar-refractivity contribution is 0.0696. The van der Waals surface area contributed by atoms with Crippen molar-refractivity contribution in [2.45, 2.75) is 30.7 Å². The van der Waals surface area contributed by atoms with Crippen LogP contribution in [0.15, 0.2) is 23.1 Å². The number of ether oxygens (including phenoxy) is 1. The summed E-state index contributed by atoms with van der Waals surface area (Å²) in [4.78, 5) is 10.7. The number of hydrogen-bond acceptors (Lipinski definition) is 5. The fraction of sp³-hybridized carbons (Fsp3) is 0.385. The molecule has 0 spiro atoms.